The fraction of sp³-hybridized carbons (Fsp3) is 0.286. The zero-order chi connectivity index (χ0) is 18.4. The second-order valence-corrected chi connectivity index (χ2v) is 7.32. The number of piperidine rings is 1. The molecule has 5 rings (SSSR count). The molecule has 5 heterocycles. The molecule has 1 fully saturated rings. The summed E-state index contributed by atoms with van der Waals surface area (Å²) in [6.45, 7) is 1.90. The molecule has 1 saturated heterocycles. The van der Waals surface area contributed by atoms with Crippen LogP contribution < -0.4 is 5.56 Å². The summed E-state index contributed by atoms with van der Waals surface area (Å²) in [5, 5.41) is 0. The molecule has 2 aliphatic rings. The van der Waals surface area contributed by atoms with Crippen LogP contribution in [0.4, 0.5) is 0 Å². The SMILES string of the molecule is O=C(c1ccco1)N1C[C@H]2C[C@H](C1)c1ccc(-c3cccnc3)c(=O)n1C2. The summed E-state index contributed by atoms with van der Waals surface area (Å²) in [6.07, 6.45) is 5.95. The zero-order valence-corrected chi connectivity index (χ0v) is 14.7. The van der Waals surface area contributed by atoms with Gasteiger partial charge in [0.2, 0.25) is 0 Å². The Morgan fingerprint density at radius 3 is 2.81 bits per heavy atom. The van der Waals surface area contributed by atoms with Gasteiger partial charge in [0.25, 0.3) is 11.5 Å². The van der Waals surface area contributed by atoms with E-state index in [4.69, 9.17) is 4.42 Å². The summed E-state index contributed by atoms with van der Waals surface area (Å²) < 4.78 is 7.17. The average molecular weight is 361 g/mol. The van der Waals surface area contributed by atoms with Crippen LogP contribution in [0, 0.1) is 5.92 Å². The molecule has 0 aliphatic carbocycles. The molecule has 0 spiro atoms. The lowest BCUT2D eigenvalue weighted by atomic mass is 9.82. The number of furan rings is 1. The lowest BCUT2D eigenvalue weighted by Crippen LogP contribution is -2.49. The number of carbonyl (C=O) groups is 1. The summed E-state index contributed by atoms with van der Waals surface area (Å²) in [5.74, 6) is 0.751. The van der Waals surface area contributed by atoms with E-state index >= 15 is 0 Å². The first-order valence-corrected chi connectivity index (χ1v) is 9.17. The van der Waals surface area contributed by atoms with E-state index in [9.17, 15) is 9.59 Å². The van der Waals surface area contributed by atoms with Crippen molar-refractivity contribution < 1.29 is 9.21 Å². The first-order valence-electron chi connectivity index (χ1n) is 9.17. The first-order chi connectivity index (χ1) is 13.2. The van der Waals surface area contributed by atoms with Crippen LogP contribution in [-0.2, 0) is 6.54 Å². The Labute approximate surface area is 156 Å². The number of hydrogen-bond donors (Lipinski definition) is 0. The second-order valence-electron chi connectivity index (χ2n) is 7.32. The Morgan fingerprint density at radius 1 is 1.11 bits per heavy atom. The minimum atomic E-state index is -0.0718. The largest absolute Gasteiger partial charge is 0.459 e. The third kappa shape index (κ3) is 2.68. The smallest absolute Gasteiger partial charge is 0.289 e. The van der Waals surface area contributed by atoms with Crippen molar-refractivity contribution >= 4 is 5.91 Å². The Balaban J connectivity index is 1.49. The van der Waals surface area contributed by atoms with E-state index in [-0.39, 0.29) is 23.3 Å². The van der Waals surface area contributed by atoms with Crippen molar-refractivity contribution in [3.63, 3.8) is 0 Å². The van der Waals surface area contributed by atoms with Crippen LogP contribution in [0.1, 0.15) is 28.6 Å². The maximum absolute atomic E-state index is 13.1. The Kier molecular flexibility index (Phi) is 3.70. The van der Waals surface area contributed by atoms with Gasteiger partial charge in [0.05, 0.1) is 6.26 Å². The van der Waals surface area contributed by atoms with Gasteiger partial charge in [0.15, 0.2) is 5.76 Å². The van der Waals surface area contributed by atoms with Crippen molar-refractivity contribution in [1.82, 2.24) is 14.5 Å². The third-order valence-electron chi connectivity index (χ3n) is 5.60. The van der Waals surface area contributed by atoms with Crippen LogP contribution in [0.25, 0.3) is 11.1 Å². The van der Waals surface area contributed by atoms with Crippen LogP contribution in [0.3, 0.4) is 0 Å². The van der Waals surface area contributed by atoms with Crippen molar-refractivity contribution in [3.8, 4) is 11.1 Å². The van der Waals surface area contributed by atoms with E-state index in [1.165, 1.54) is 6.26 Å². The van der Waals surface area contributed by atoms with Gasteiger partial charge in [-0.25, -0.2) is 0 Å². The number of rotatable bonds is 2. The van der Waals surface area contributed by atoms with Gasteiger partial charge in [-0.05, 0) is 42.7 Å². The zero-order valence-electron chi connectivity index (χ0n) is 14.7. The molecule has 3 aromatic heterocycles. The summed E-state index contributed by atoms with van der Waals surface area (Å²) in [4.78, 5) is 31.7. The van der Waals surface area contributed by atoms with Gasteiger partial charge in [-0.2, -0.15) is 0 Å². The van der Waals surface area contributed by atoms with E-state index in [2.05, 4.69) is 4.98 Å². The number of nitrogens with zero attached hydrogens (tertiary/aromatic N) is 3. The van der Waals surface area contributed by atoms with Crippen LogP contribution in [0.5, 0.6) is 0 Å². The lowest BCUT2D eigenvalue weighted by Gasteiger charge is -2.42. The highest BCUT2D eigenvalue weighted by Crippen LogP contribution is 2.36. The molecule has 2 atom stereocenters. The van der Waals surface area contributed by atoms with E-state index in [0.717, 1.165) is 17.7 Å². The van der Waals surface area contributed by atoms with Crippen molar-refractivity contribution in [2.75, 3.05) is 13.1 Å². The molecule has 6 nitrogen and oxygen atoms in total. The third-order valence-corrected chi connectivity index (χ3v) is 5.60. The Bertz CT molecular complexity index is 1040. The lowest BCUT2D eigenvalue weighted by molar-refractivity contribution is 0.0564. The number of hydrogen-bond acceptors (Lipinski definition) is 4. The second kappa shape index (κ2) is 6.23. The standard InChI is InChI=1S/C21H19N3O3/c25-20-17(15-3-1-7-22-10-15)5-6-18-16-9-14(12-24(18)20)11-23(13-16)21(26)19-4-2-8-27-19/h1-8,10,14,16H,9,11-13H2/t14-,16-/m1/s1. The molecular formula is C21H19N3O3. The summed E-state index contributed by atoms with van der Waals surface area (Å²) >= 11 is 0. The number of fused-ring (bicyclic) bond motifs is 4. The molecular weight excluding hydrogens is 342 g/mol. The highest BCUT2D eigenvalue weighted by Gasteiger charge is 2.37. The molecule has 1 amide bonds. The van der Waals surface area contributed by atoms with Crippen molar-refractivity contribution in [3.05, 3.63) is 76.9 Å². The molecule has 2 bridgehead atoms. The van der Waals surface area contributed by atoms with E-state index in [0.29, 0.717) is 31.0 Å². The number of amides is 1. The fourth-order valence-corrected chi connectivity index (χ4v) is 4.41. The highest BCUT2D eigenvalue weighted by molar-refractivity contribution is 5.91. The molecule has 0 saturated carbocycles. The molecule has 0 unspecified atom stereocenters. The molecule has 136 valence electrons. The van der Waals surface area contributed by atoms with Gasteiger partial charge in [-0.15, -0.1) is 0 Å². The molecule has 0 N–H and O–H groups in total. The summed E-state index contributed by atoms with van der Waals surface area (Å²) in [6, 6.07) is 11.1. The highest BCUT2D eigenvalue weighted by atomic mass is 16.3. The first kappa shape index (κ1) is 16.1. The van der Waals surface area contributed by atoms with Crippen LogP contribution in [0.15, 0.2) is 64.3 Å². The van der Waals surface area contributed by atoms with Gasteiger partial charge >= 0.3 is 0 Å². The molecule has 3 aromatic rings. The van der Waals surface area contributed by atoms with E-state index in [1.807, 2.05) is 33.7 Å². The molecule has 0 aromatic carbocycles. The minimum Gasteiger partial charge on any atom is -0.459 e. The van der Waals surface area contributed by atoms with Crippen LogP contribution in [-0.4, -0.2) is 33.4 Å². The number of likely N-dealkylation sites (tertiary alicyclic amines) is 1. The van der Waals surface area contributed by atoms with Gasteiger partial charge in [-0.1, -0.05) is 6.07 Å². The number of pyridine rings is 2. The molecule has 2 aliphatic heterocycles. The van der Waals surface area contributed by atoms with E-state index in [1.54, 1.807) is 24.5 Å². The average Bonchev–Trinajstić information content (AvgIpc) is 3.23. The van der Waals surface area contributed by atoms with Gasteiger partial charge < -0.3 is 13.9 Å². The van der Waals surface area contributed by atoms with Gasteiger partial charge in [0.1, 0.15) is 0 Å². The number of aromatic nitrogens is 2. The maximum Gasteiger partial charge on any atom is 0.289 e. The van der Waals surface area contributed by atoms with Gasteiger partial charge in [0, 0.05) is 54.8 Å². The molecule has 0 radical (unpaired) electrons. The quantitative estimate of drug-likeness (QED) is 0.704. The van der Waals surface area contributed by atoms with Crippen LogP contribution >= 0.6 is 0 Å². The minimum absolute atomic E-state index is 0.0287. The monoisotopic (exact) mass is 361 g/mol. The fourth-order valence-electron chi connectivity index (χ4n) is 4.41. The predicted octanol–water partition coefficient (Wildman–Crippen LogP) is 2.76. The van der Waals surface area contributed by atoms with Crippen molar-refractivity contribution in [2.45, 2.75) is 18.9 Å². The van der Waals surface area contributed by atoms with E-state index < -0.39 is 0 Å². The van der Waals surface area contributed by atoms with Gasteiger partial charge in [-0.3, -0.25) is 14.6 Å². The Hall–Kier alpha value is -3.15. The summed E-state index contributed by atoms with van der Waals surface area (Å²) in [7, 11) is 0. The van der Waals surface area contributed by atoms with Crippen molar-refractivity contribution in [1.29, 1.82) is 0 Å². The maximum atomic E-state index is 13.1. The number of carbonyl (C=O) groups excluding carboxylic acids is 1. The summed E-state index contributed by atoms with van der Waals surface area (Å²) in [5.41, 5.74) is 2.56. The molecule has 6 heteroatoms. The Morgan fingerprint density at radius 2 is 2.04 bits per heavy atom. The topological polar surface area (TPSA) is 68.3 Å². The van der Waals surface area contributed by atoms with Crippen LogP contribution in [0.2, 0.25) is 0 Å². The normalized spacial score (nSPS) is 21.0. The molecule has 27 heavy (non-hydrogen) atoms. The predicted molar refractivity (Wildman–Crippen MR) is 99.4 cm³/mol. The van der Waals surface area contributed by atoms with Crippen molar-refractivity contribution in [2.24, 2.45) is 5.92 Å².